The van der Waals surface area contributed by atoms with Crippen LogP contribution >= 0.6 is 0 Å². The van der Waals surface area contributed by atoms with Gasteiger partial charge in [-0.15, -0.1) is 0 Å². The third kappa shape index (κ3) is 5.01. The molecule has 0 spiro atoms. The normalized spacial score (nSPS) is 17.4. The third-order valence-electron chi connectivity index (χ3n) is 5.19. The van der Waals surface area contributed by atoms with Crippen molar-refractivity contribution < 1.29 is 23.9 Å². The van der Waals surface area contributed by atoms with Gasteiger partial charge in [0.15, 0.2) is 0 Å². The maximum atomic E-state index is 12.5. The van der Waals surface area contributed by atoms with Crippen molar-refractivity contribution in [2.24, 2.45) is 0 Å². The number of hydrogen-bond acceptors (Lipinski definition) is 5. The van der Waals surface area contributed by atoms with Gasteiger partial charge in [-0.25, -0.2) is 0 Å². The number of piperazine rings is 1. The molecule has 2 saturated heterocycles. The predicted molar refractivity (Wildman–Crippen MR) is 102 cm³/mol. The van der Waals surface area contributed by atoms with Crippen LogP contribution in [0.1, 0.15) is 12.0 Å². The first-order valence-electron chi connectivity index (χ1n) is 9.65. The Kier molecular flexibility index (Phi) is 6.86. The van der Waals surface area contributed by atoms with Crippen LogP contribution in [0.4, 0.5) is 0 Å². The lowest BCUT2D eigenvalue weighted by Gasteiger charge is -2.36. The number of aryl methyl sites for hydroxylation is 1. The Balaban J connectivity index is 1.42. The van der Waals surface area contributed by atoms with Crippen LogP contribution in [0.2, 0.25) is 0 Å². The number of amides is 3. The van der Waals surface area contributed by atoms with E-state index in [1.807, 2.05) is 24.3 Å². The largest absolute Gasteiger partial charge is 0.497 e. The highest BCUT2D eigenvalue weighted by Gasteiger charge is 2.31. The molecule has 1 aromatic carbocycles. The molecule has 1 aromatic rings. The Morgan fingerprint density at radius 1 is 0.857 bits per heavy atom. The summed E-state index contributed by atoms with van der Waals surface area (Å²) in [5, 5.41) is 0. The number of hydrogen-bond donors (Lipinski definition) is 0. The summed E-state index contributed by atoms with van der Waals surface area (Å²) >= 11 is 0. The van der Waals surface area contributed by atoms with Crippen molar-refractivity contribution in [1.82, 2.24) is 14.7 Å². The van der Waals surface area contributed by atoms with Crippen LogP contribution in [0.15, 0.2) is 24.3 Å². The standard InChI is InChI=1S/C20H27N3O5/c1-27-17-5-2-16(3-6-17)4-7-18(24)21-8-10-22(11-9-21)19(25)20(26)23-12-14-28-15-13-23/h2-3,5-6H,4,7-15H2,1H3. The van der Waals surface area contributed by atoms with Gasteiger partial charge in [0.1, 0.15) is 5.75 Å². The lowest BCUT2D eigenvalue weighted by atomic mass is 10.1. The van der Waals surface area contributed by atoms with E-state index >= 15 is 0 Å². The second-order valence-electron chi connectivity index (χ2n) is 6.93. The quantitative estimate of drug-likeness (QED) is 0.686. The molecule has 0 N–H and O–H groups in total. The molecule has 2 fully saturated rings. The van der Waals surface area contributed by atoms with Crippen LogP contribution in [0.5, 0.6) is 5.75 Å². The van der Waals surface area contributed by atoms with Crippen LogP contribution in [0.25, 0.3) is 0 Å². The van der Waals surface area contributed by atoms with Gasteiger partial charge in [-0.2, -0.15) is 0 Å². The van der Waals surface area contributed by atoms with Gasteiger partial charge in [0.2, 0.25) is 5.91 Å². The van der Waals surface area contributed by atoms with Crippen molar-refractivity contribution >= 4 is 17.7 Å². The number of nitrogens with zero attached hydrogens (tertiary/aromatic N) is 3. The number of carbonyl (C=O) groups excluding carboxylic acids is 3. The van der Waals surface area contributed by atoms with E-state index in [0.717, 1.165) is 11.3 Å². The Labute approximate surface area is 165 Å². The molecule has 2 aliphatic heterocycles. The van der Waals surface area contributed by atoms with Crippen LogP contribution in [0.3, 0.4) is 0 Å². The molecule has 152 valence electrons. The van der Waals surface area contributed by atoms with Crippen molar-refractivity contribution in [1.29, 1.82) is 0 Å². The van der Waals surface area contributed by atoms with E-state index < -0.39 is 11.8 Å². The zero-order chi connectivity index (χ0) is 19.9. The summed E-state index contributed by atoms with van der Waals surface area (Å²) < 4.78 is 10.3. The molecule has 0 unspecified atom stereocenters. The minimum Gasteiger partial charge on any atom is -0.497 e. The number of methoxy groups -OCH3 is 1. The number of ether oxygens (including phenoxy) is 2. The molecule has 2 aliphatic rings. The summed E-state index contributed by atoms with van der Waals surface area (Å²) in [4.78, 5) is 42.0. The fourth-order valence-electron chi connectivity index (χ4n) is 3.40. The van der Waals surface area contributed by atoms with E-state index in [1.165, 1.54) is 4.90 Å². The first kappa shape index (κ1) is 20.1. The van der Waals surface area contributed by atoms with Gasteiger partial charge in [-0.1, -0.05) is 12.1 Å². The molecule has 0 atom stereocenters. The average molecular weight is 389 g/mol. The molecule has 3 rings (SSSR count). The van der Waals surface area contributed by atoms with E-state index in [9.17, 15) is 14.4 Å². The zero-order valence-electron chi connectivity index (χ0n) is 16.3. The molecular formula is C20H27N3O5. The molecule has 0 bridgehead atoms. The van der Waals surface area contributed by atoms with E-state index in [2.05, 4.69) is 0 Å². The zero-order valence-corrected chi connectivity index (χ0v) is 16.3. The first-order chi connectivity index (χ1) is 13.6. The van der Waals surface area contributed by atoms with Crippen LogP contribution in [0, 0.1) is 0 Å². The van der Waals surface area contributed by atoms with Crippen molar-refractivity contribution in [3.05, 3.63) is 29.8 Å². The smallest absolute Gasteiger partial charge is 0.312 e. The van der Waals surface area contributed by atoms with Gasteiger partial charge < -0.3 is 24.2 Å². The van der Waals surface area contributed by atoms with Gasteiger partial charge in [-0.05, 0) is 24.1 Å². The van der Waals surface area contributed by atoms with E-state index in [0.29, 0.717) is 65.3 Å². The number of benzene rings is 1. The topological polar surface area (TPSA) is 79.4 Å². The number of morpholine rings is 1. The Bertz CT molecular complexity index is 692. The molecule has 0 saturated carbocycles. The fourth-order valence-corrected chi connectivity index (χ4v) is 3.40. The summed E-state index contributed by atoms with van der Waals surface area (Å²) in [6.45, 7) is 3.55. The minimum absolute atomic E-state index is 0.0717. The Morgan fingerprint density at radius 2 is 1.39 bits per heavy atom. The monoisotopic (exact) mass is 389 g/mol. The molecule has 0 radical (unpaired) electrons. The molecule has 0 aromatic heterocycles. The highest BCUT2D eigenvalue weighted by atomic mass is 16.5. The van der Waals surface area contributed by atoms with Gasteiger partial charge in [0.05, 0.1) is 20.3 Å². The van der Waals surface area contributed by atoms with E-state index in [1.54, 1.807) is 16.9 Å². The van der Waals surface area contributed by atoms with Gasteiger partial charge in [0.25, 0.3) is 0 Å². The first-order valence-corrected chi connectivity index (χ1v) is 9.65. The summed E-state index contributed by atoms with van der Waals surface area (Å²) in [6, 6.07) is 7.69. The highest BCUT2D eigenvalue weighted by Crippen LogP contribution is 2.14. The van der Waals surface area contributed by atoms with E-state index in [4.69, 9.17) is 9.47 Å². The lowest BCUT2D eigenvalue weighted by molar-refractivity contribution is -0.155. The second-order valence-corrected chi connectivity index (χ2v) is 6.93. The fraction of sp³-hybridized carbons (Fsp3) is 0.550. The Morgan fingerprint density at radius 3 is 1.96 bits per heavy atom. The highest BCUT2D eigenvalue weighted by molar-refractivity contribution is 6.34. The lowest BCUT2D eigenvalue weighted by Crippen LogP contribution is -2.55. The summed E-state index contributed by atoms with van der Waals surface area (Å²) in [6.07, 6.45) is 1.09. The molecule has 8 nitrogen and oxygen atoms in total. The van der Waals surface area contributed by atoms with Gasteiger partial charge >= 0.3 is 11.8 Å². The molecule has 3 amide bonds. The molecule has 8 heteroatoms. The van der Waals surface area contributed by atoms with Crippen molar-refractivity contribution in [3.8, 4) is 5.75 Å². The summed E-state index contributed by atoms with van der Waals surface area (Å²) in [5.41, 5.74) is 1.08. The minimum atomic E-state index is -0.479. The third-order valence-corrected chi connectivity index (χ3v) is 5.19. The predicted octanol–water partition coefficient (Wildman–Crippen LogP) is 0.157. The number of rotatable bonds is 4. The van der Waals surface area contributed by atoms with Crippen molar-refractivity contribution in [2.45, 2.75) is 12.8 Å². The average Bonchev–Trinajstić information content (AvgIpc) is 2.77. The van der Waals surface area contributed by atoms with Crippen molar-refractivity contribution in [2.75, 3.05) is 59.6 Å². The maximum absolute atomic E-state index is 12.5. The maximum Gasteiger partial charge on any atom is 0.312 e. The number of carbonyl (C=O) groups is 3. The summed E-state index contributed by atoms with van der Waals surface area (Å²) in [5.74, 6) is -0.0836. The summed E-state index contributed by atoms with van der Waals surface area (Å²) in [7, 11) is 1.62. The van der Waals surface area contributed by atoms with Gasteiger partial charge in [-0.3, -0.25) is 14.4 Å². The van der Waals surface area contributed by atoms with Gasteiger partial charge in [0, 0.05) is 45.7 Å². The second kappa shape index (κ2) is 9.54. The van der Waals surface area contributed by atoms with Crippen LogP contribution < -0.4 is 4.74 Å². The van der Waals surface area contributed by atoms with Crippen LogP contribution in [-0.4, -0.2) is 92.0 Å². The van der Waals surface area contributed by atoms with E-state index in [-0.39, 0.29) is 5.91 Å². The Hall–Kier alpha value is -2.61. The molecule has 2 heterocycles. The van der Waals surface area contributed by atoms with Crippen molar-refractivity contribution in [3.63, 3.8) is 0 Å². The SMILES string of the molecule is COc1ccc(CCC(=O)N2CCN(C(=O)C(=O)N3CCOCC3)CC2)cc1. The molecule has 0 aliphatic carbocycles. The molecule has 28 heavy (non-hydrogen) atoms. The molecular weight excluding hydrogens is 362 g/mol. The van der Waals surface area contributed by atoms with Crippen LogP contribution in [-0.2, 0) is 25.5 Å².